The van der Waals surface area contributed by atoms with Crippen molar-refractivity contribution in [3.8, 4) is 5.69 Å². The fourth-order valence-corrected chi connectivity index (χ4v) is 3.85. The molecule has 0 aliphatic heterocycles. The highest BCUT2D eigenvalue weighted by Crippen LogP contribution is 2.24. The average molecular weight is 454 g/mol. The zero-order chi connectivity index (χ0) is 22.5. The van der Waals surface area contributed by atoms with Crippen LogP contribution in [0.2, 0.25) is 0 Å². The van der Waals surface area contributed by atoms with Crippen molar-refractivity contribution in [2.45, 2.75) is 11.6 Å². The first-order valence-corrected chi connectivity index (χ1v) is 10.6. The molecule has 4 aromatic rings. The van der Waals surface area contributed by atoms with E-state index in [0.717, 1.165) is 41.2 Å². The molecular formula is C23H17F3N4OS. The van der Waals surface area contributed by atoms with E-state index in [2.05, 4.69) is 15.5 Å². The Morgan fingerprint density at radius 2 is 1.56 bits per heavy atom. The summed E-state index contributed by atoms with van der Waals surface area (Å²) in [5, 5.41) is 11.4. The van der Waals surface area contributed by atoms with Crippen molar-refractivity contribution in [1.82, 2.24) is 14.8 Å². The molecule has 0 atom stereocenters. The molecule has 0 saturated heterocycles. The summed E-state index contributed by atoms with van der Waals surface area (Å²) in [5.74, 6) is -1.73. The molecule has 0 radical (unpaired) electrons. The highest BCUT2D eigenvalue weighted by atomic mass is 32.2. The summed E-state index contributed by atoms with van der Waals surface area (Å²) in [5.41, 5.74) is 1.71. The van der Waals surface area contributed by atoms with Gasteiger partial charge in [0.1, 0.15) is 23.3 Å². The summed E-state index contributed by atoms with van der Waals surface area (Å²) in [6, 6.07) is 18.3. The van der Waals surface area contributed by atoms with Crippen LogP contribution in [0.1, 0.15) is 11.4 Å². The van der Waals surface area contributed by atoms with Gasteiger partial charge in [-0.1, -0.05) is 42.1 Å². The van der Waals surface area contributed by atoms with Gasteiger partial charge in [-0.05, 0) is 42.0 Å². The fourth-order valence-electron chi connectivity index (χ4n) is 3.08. The van der Waals surface area contributed by atoms with Gasteiger partial charge in [0, 0.05) is 23.9 Å². The molecule has 162 valence electrons. The Labute approximate surface area is 186 Å². The van der Waals surface area contributed by atoms with Crippen molar-refractivity contribution in [3.05, 3.63) is 102 Å². The van der Waals surface area contributed by atoms with E-state index >= 15 is 0 Å². The third kappa shape index (κ3) is 5.36. The molecule has 1 heterocycles. The number of nitrogens with zero attached hydrogens (tertiary/aromatic N) is 3. The van der Waals surface area contributed by atoms with E-state index < -0.39 is 17.5 Å². The lowest BCUT2D eigenvalue weighted by Gasteiger charge is -2.10. The number of anilines is 1. The molecule has 1 aromatic heterocycles. The summed E-state index contributed by atoms with van der Waals surface area (Å²) in [4.78, 5) is 12.3. The van der Waals surface area contributed by atoms with Crippen LogP contribution in [0.3, 0.4) is 0 Å². The highest BCUT2D eigenvalue weighted by molar-refractivity contribution is 7.99. The number of hydrogen-bond donors (Lipinski definition) is 1. The molecule has 4 rings (SSSR count). The predicted octanol–water partition coefficient (Wildman–Crippen LogP) is 5.01. The summed E-state index contributed by atoms with van der Waals surface area (Å²) in [6.45, 7) is 0. The van der Waals surface area contributed by atoms with Crippen molar-refractivity contribution in [3.63, 3.8) is 0 Å². The number of carbonyl (C=O) groups is 1. The van der Waals surface area contributed by atoms with E-state index in [4.69, 9.17) is 0 Å². The number of hydrogen-bond acceptors (Lipinski definition) is 4. The minimum Gasteiger partial charge on any atom is -0.325 e. The van der Waals surface area contributed by atoms with Crippen molar-refractivity contribution in [2.24, 2.45) is 0 Å². The molecule has 5 nitrogen and oxygen atoms in total. The molecule has 1 N–H and O–H groups in total. The number of nitrogens with one attached hydrogen (secondary N) is 1. The van der Waals surface area contributed by atoms with Crippen LogP contribution in [0.25, 0.3) is 5.69 Å². The minimum atomic E-state index is -0.776. The van der Waals surface area contributed by atoms with Gasteiger partial charge in [0.2, 0.25) is 5.91 Å². The zero-order valence-corrected chi connectivity index (χ0v) is 17.5. The van der Waals surface area contributed by atoms with Crippen LogP contribution in [0.5, 0.6) is 0 Å². The van der Waals surface area contributed by atoms with Gasteiger partial charge in [-0.15, -0.1) is 10.2 Å². The van der Waals surface area contributed by atoms with Crippen LogP contribution in [-0.4, -0.2) is 26.4 Å². The Hall–Kier alpha value is -3.59. The summed E-state index contributed by atoms with van der Waals surface area (Å²) in [7, 11) is 0. The Balaban J connectivity index is 1.53. The number of halogens is 3. The average Bonchev–Trinajstić information content (AvgIpc) is 3.16. The van der Waals surface area contributed by atoms with E-state index in [1.165, 1.54) is 12.1 Å². The second-order valence-corrected chi connectivity index (χ2v) is 7.81. The van der Waals surface area contributed by atoms with Crippen molar-refractivity contribution in [2.75, 3.05) is 11.1 Å². The molecule has 0 bridgehead atoms. The van der Waals surface area contributed by atoms with Gasteiger partial charge in [-0.25, -0.2) is 13.2 Å². The molecule has 3 aromatic carbocycles. The Morgan fingerprint density at radius 1 is 0.875 bits per heavy atom. The first-order chi connectivity index (χ1) is 15.5. The van der Waals surface area contributed by atoms with Crippen LogP contribution < -0.4 is 5.32 Å². The molecule has 0 unspecified atom stereocenters. The second-order valence-electron chi connectivity index (χ2n) is 6.87. The van der Waals surface area contributed by atoms with Crippen LogP contribution in [0, 0.1) is 17.5 Å². The highest BCUT2D eigenvalue weighted by Gasteiger charge is 2.16. The number of benzene rings is 3. The molecule has 32 heavy (non-hydrogen) atoms. The maximum absolute atomic E-state index is 13.3. The third-order valence-electron chi connectivity index (χ3n) is 4.47. The largest absolute Gasteiger partial charge is 0.325 e. The second kappa shape index (κ2) is 9.69. The lowest BCUT2D eigenvalue weighted by Crippen LogP contribution is -2.15. The molecule has 0 saturated carbocycles. The van der Waals surface area contributed by atoms with Gasteiger partial charge in [-0.3, -0.25) is 9.36 Å². The van der Waals surface area contributed by atoms with E-state index in [1.807, 2.05) is 34.9 Å². The molecule has 0 aliphatic rings. The standard InChI is InChI=1S/C23H17F3N4OS/c24-16-8-6-15(7-9-16)10-21-28-29-23(30(21)20-4-2-1-3-5-20)32-14-22(31)27-19-12-17(25)11-18(26)13-19/h1-9,11-13H,10,14H2,(H,27,31). The van der Waals surface area contributed by atoms with Crippen LogP contribution in [-0.2, 0) is 11.2 Å². The van der Waals surface area contributed by atoms with Gasteiger partial charge in [-0.2, -0.15) is 0 Å². The Bertz CT molecular complexity index is 1210. The molecule has 1 amide bonds. The normalized spacial score (nSPS) is 10.8. The predicted molar refractivity (Wildman–Crippen MR) is 116 cm³/mol. The van der Waals surface area contributed by atoms with Gasteiger partial charge in [0.05, 0.1) is 5.75 Å². The molecule has 0 spiro atoms. The van der Waals surface area contributed by atoms with Crippen LogP contribution in [0.4, 0.5) is 18.9 Å². The molecule has 9 heteroatoms. The summed E-state index contributed by atoms with van der Waals surface area (Å²) in [6.07, 6.45) is 0.414. The smallest absolute Gasteiger partial charge is 0.234 e. The number of amides is 1. The van der Waals surface area contributed by atoms with Gasteiger partial charge in [0.25, 0.3) is 0 Å². The SMILES string of the molecule is O=C(CSc1nnc(Cc2ccc(F)cc2)n1-c1ccccc1)Nc1cc(F)cc(F)c1. The number of para-hydroxylation sites is 1. The number of thioether (sulfide) groups is 1. The zero-order valence-electron chi connectivity index (χ0n) is 16.6. The Kier molecular flexibility index (Phi) is 6.55. The van der Waals surface area contributed by atoms with E-state index in [0.29, 0.717) is 17.4 Å². The summed E-state index contributed by atoms with van der Waals surface area (Å²) < 4.78 is 41.7. The summed E-state index contributed by atoms with van der Waals surface area (Å²) >= 11 is 1.14. The lowest BCUT2D eigenvalue weighted by molar-refractivity contribution is -0.113. The van der Waals surface area contributed by atoms with Crippen LogP contribution in [0.15, 0.2) is 78.0 Å². The van der Waals surface area contributed by atoms with E-state index in [1.54, 1.807) is 12.1 Å². The monoisotopic (exact) mass is 454 g/mol. The number of carbonyl (C=O) groups excluding carboxylic acids is 1. The lowest BCUT2D eigenvalue weighted by atomic mass is 10.1. The first-order valence-electron chi connectivity index (χ1n) is 9.61. The maximum atomic E-state index is 13.3. The maximum Gasteiger partial charge on any atom is 0.234 e. The molecule has 0 aliphatic carbocycles. The third-order valence-corrected chi connectivity index (χ3v) is 5.40. The van der Waals surface area contributed by atoms with Crippen molar-refractivity contribution in [1.29, 1.82) is 0 Å². The first kappa shape index (κ1) is 21.6. The van der Waals surface area contributed by atoms with Crippen LogP contribution >= 0.6 is 11.8 Å². The molecule has 0 fully saturated rings. The minimum absolute atomic E-state index is 0.0367. The quantitative estimate of drug-likeness (QED) is 0.399. The fraction of sp³-hybridized carbons (Fsp3) is 0.0870. The Morgan fingerprint density at radius 3 is 2.25 bits per heavy atom. The molecular weight excluding hydrogens is 437 g/mol. The number of aromatic nitrogens is 3. The van der Waals surface area contributed by atoms with Crippen molar-refractivity contribution >= 4 is 23.4 Å². The topological polar surface area (TPSA) is 59.8 Å². The van der Waals surface area contributed by atoms with Gasteiger partial charge in [0.15, 0.2) is 5.16 Å². The van der Waals surface area contributed by atoms with Gasteiger partial charge >= 0.3 is 0 Å². The van der Waals surface area contributed by atoms with Crippen molar-refractivity contribution < 1.29 is 18.0 Å². The van der Waals surface area contributed by atoms with E-state index in [-0.39, 0.29) is 17.3 Å². The number of rotatable bonds is 7. The van der Waals surface area contributed by atoms with Gasteiger partial charge < -0.3 is 5.32 Å². The van der Waals surface area contributed by atoms with E-state index in [9.17, 15) is 18.0 Å².